The van der Waals surface area contributed by atoms with Gasteiger partial charge in [-0.15, -0.1) is 0 Å². The van der Waals surface area contributed by atoms with Crippen molar-refractivity contribution in [3.05, 3.63) is 0 Å². The summed E-state index contributed by atoms with van der Waals surface area (Å²) in [5.41, 5.74) is 6.19. The summed E-state index contributed by atoms with van der Waals surface area (Å²) in [7, 11) is 0. The van der Waals surface area contributed by atoms with Crippen LogP contribution in [0.25, 0.3) is 0 Å². The Hall–Kier alpha value is -0.0400. The van der Waals surface area contributed by atoms with Gasteiger partial charge < -0.3 is 5.73 Å². The molecule has 1 saturated carbocycles. The quantitative estimate of drug-likeness (QED) is 0.711. The maximum atomic E-state index is 5.50. The van der Waals surface area contributed by atoms with Crippen LogP contribution >= 0.6 is 0 Å². The van der Waals surface area contributed by atoms with E-state index in [1.165, 1.54) is 32.1 Å². The highest BCUT2D eigenvalue weighted by molar-refractivity contribution is 4.86. The molecule has 0 aromatic heterocycles. The Bertz CT molecular complexity index is 79.6. The van der Waals surface area contributed by atoms with Crippen LogP contribution in [0.2, 0.25) is 0 Å². The first-order valence-electron chi connectivity index (χ1n) is 6.03. The van der Waals surface area contributed by atoms with Crippen LogP contribution in [0.4, 0.5) is 0 Å². The van der Waals surface area contributed by atoms with E-state index in [2.05, 4.69) is 6.92 Å². The highest BCUT2D eigenvalue weighted by Crippen LogP contribution is 2.46. The molecular formula is C12H29N. The monoisotopic (exact) mass is 187 g/mol. The Balaban J connectivity index is 0. The summed E-state index contributed by atoms with van der Waals surface area (Å²) in [5, 5.41) is 0. The third kappa shape index (κ3) is 5.30. The second kappa shape index (κ2) is 10.0. The van der Waals surface area contributed by atoms with Crippen molar-refractivity contribution in [2.45, 2.75) is 66.7 Å². The van der Waals surface area contributed by atoms with E-state index in [0.29, 0.717) is 5.41 Å². The zero-order chi connectivity index (χ0) is 10.7. The Morgan fingerprint density at radius 3 is 1.62 bits per heavy atom. The highest BCUT2D eigenvalue weighted by Gasteiger charge is 2.33. The molecular weight excluding hydrogens is 158 g/mol. The van der Waals surface area contributed by atoms with Crippen LogP contribution in [0.1, 0.15) is 66.7 Å². The van der Waals surface area contributed by atoms with E-state index in [-0.39, 0.29) is 0 Å². The summed E-state index contributed by atoms with van der Waals surface area (Å²) in [6.07, 6.45) is 6.89. The molecule has 0 bridgehead atoms. The van der Waals surface area contributed by atoms with Gasteiger partial charge in [-0.2, -0.15) is 0 Å². The van der Waals surface area contributed by atoms with Crippen molar-refractivity contribution in [1.29, 1.82) is 0 Å². The molecule has 1 heteroatoms. The molecule has 0 heterocycles. The van der Waals surface area contributed by atoms with Crippen molar-refractivity contribution in [1.82, 2.24) is 0 Å². The Morgan fingerprint density at radius 1 is 1.08 bits per heavy atom. The lowest BCUT2D eigenvalue weighted by atomic mass is 9.65. The molecule has 0 saturated heterocycles. The van der Waals surface area contributed by atoms with Crippen LogP contribution in [0.15, 0.2) is 0 Å². The SMILES string of the molecule is CC.CC.CCC1(CCN)CCC1. The van der Waals surface area contributed by atoms with Crippen LogP contribution in [-0.4, -0.2) is 6.54 Å². The van der Waals surface area contributed by atoms with Crippen LogP contribution in [0.3, 0.4) is 0 Å². The minimum absolute atomic E-state index is 0.689. The largest absolute Gasteiger partial charge is 0.330 e. The van der Waals surface area contributed by atoms with E-state index < -0.39 is 0 Å². The molecule has 1 aliphatic carbocycles. The van der Waals surface area contributed by atoms with Gasteiger partial charge in [0.05, 0.1) is 0 Å². The summed E-state index contributed by atoms with van der Waals surface area (Å²) in [5.74, 6) is 0. The molecule has 13 heavy (non-hydrogen) atoms. The molecule has 0 unspecified atom stereocenters. The predicted octanol–water partition coefficient (Wildman–Crippen LogP) is 3.97. The molecule has 0 radical (unpaired) electrons. The fraction of sp³-hybridized carbons (Fsp3) is 1.00. The molecule has 1 aliphatic rings. The van der Waals surface area contributed by atoms with Gasteiger partial charge in [0.15, 0.2) is 0 Å². The normalized spacial score (nSPS) is 17.1. The minimum Gasteiger partial charge on any atom is -0.330 e. The lowest BCUT2D eigenvalue weighted by Gasteiger charge is -2.41. The van der Waals surface area contributed by atoms with E-state index in [1.54, 1.807) is 0 Å². The number of rotatable bonds is 3. The summed E-state index contributed by atoms with van der Waals surface area (Å²) in [6, 6.07) is 0. The summed E-state index contributed by atoms with van der Waals surface area (Å²) >= 11 is 0. The third-order valence-corrected chi connectivity index (χ3v) is 2.84. The zero-order valence-electron chi connectivity index (χ0n) is 10.3. The van der Waals surface area contributed by atoms with Crippen molar-refractivity contribution in [2.75, 3.05) is 6.54 Å². The zero-order valence-corrected chi connectivity index (χ0v) is 10.3. The van der Waals surface area contributed by atoms with E-state index in [4.69, 9.17) is 5.73 Å². The van der Waals surface area contributed by atoms with Gasteiger partial charge in [-0.05, 0) is 31.2 Å². The van der Waals surface area contributed by atoms with Gasteiger partial charge >= 0.3 is 0 Å². The molecule has 82 valence electrons. The Labute approximate surface area is 85.1 Å². The van der Waals surface area contributed by atoms with Crippen molar-refractivity contribution in [3.8, 4) is 0 Å². The smallest absolute Gasteiger partial charge is 0.00720 e. The topological polar surface area (TPSA) is 26.0 Å². The molecule has 2 N–H and O–H groups in total. The van der Waals surface area contributed by atoms with Gasteiger partial charge in [-0.1, -0.05) is 47.5 Å². The maximum Gasteiger partial charge on any atom is -0.00720 e. The van der Waals surface area contributed by atoms with Gasteiger partial charge in [0.2, 0.25) is 0 Å². The average Bonchev–Trinajstić information content (AvgIpc) is 2.18. The lowest BCUT2D eigenvalue weighted by Crippen LogP contribution is -2.30. The molecule has 1 rings (SSSR count). The summed E-state index contributed by atoms with van der Waals surface area (Å²) < 4.78 is 0. The second-order valence-electron chi connectivity index (χ2n) is 3.25. The number of hydrogen-bond donors (Lipinski definition) is 1. The Morgan fingerprint density at radius 2 is 1.54 bits per heavy atom. The van der Waals surface area contributed by atoms with Crippen molar-refractivity contribution in [3.63, 3.8) is 0 Å². The van der Waals surface area contributed by atoms with Gasteiger partial charge in [0.1, 0.15) is 0 Å². The van der Waals surface area contributed by atoms with E-state index in [1.807, 2.05) is 27.7 Å². The van der Waals surface area contributed by atoms with Crippen LogP contribution in [-0.2, 0) is 0 Å². The first-order chi connectivity index (χ1) is 6.33. The van der Waals surface area contributed by atoms with Crippen LogP contribution < -0.4 is 5.73 Å². The molecule has 1 fully saturated rings. The maximum absolute atomic E-state index is 5.50. The predicted molar refractivity (Wildman–Crippen MR) is 62.9 cm³/mol. The minimum atomic E-state index is 0.689. The van der Waals surface area contributed by atoms with E-state index >= 15 is 0 Å². The fourth-order valence-electron chi connectivity index (χ4n) is 1.76. The summed E-state index contributed by atoms with van der Waals surface area (Å²) in [4.78, 5) is 0. The van der Waals surface area contributed by atoms with Crippen LogP contribution in [0, 0.1) is 5.41 Å². The molecule has 0 aromatic rings. The van der Waals surface area contributed by atoms with Gasteiger partial charge in [0.25, 0.3) is 0 Å². The van der Waals surface area contributed by atoms with Crippen molar-refractivity contribution >= 4 is 0 Å². The first-order valence-corrected chi connectivity index (χ1v) is 6.03. The molecule has 0 aromatic carbocycles. The number of hydrogen-bond acceptors (Lipinski definition) is 1. The molecule has 0 atom stereocenters. The third-order valence-electron chi connectivity index (χ3n) is 2.84. The van der Waals surface area contributed by atoms with E-state index in [9.17, 15) is 0 Å². The molecule has 0 aliphatic heterocycles. The molecule has 0 spiro atoms. The standard InChI is InChI=1S/C8H17N.2C2H6/c1-2-8(6-7-9)4-3-5-8;2*1-2/h2-7,9H2,1H3;2*1-2H3. The molecule has 0 amide bonds. The van der Waals surface area contributed by atoms with Gasteiger partial charge in [-0.3, -0.25) is 0 Å². The fourth-order valence-corrected chi connectivity index (χ4v) is 1.76. The van der Waals surface area contributed by atoms with Gasteiger partial charge in [0, 0.05) is 0 Å². The van der Waals surface area contributed by atoms with Crippen LogP contribution in [0.5, 0.6) is 0 Å². The molecule has 1 nitrogen and oxygen atoms in total. The van der Waals surface area contributed by atoms with E-state index in [0.717, 1.165) is 6.54 Å². The Kier molecular flexibility index (Phi) is 11.9. The number of nitrogens with two attached hydrogens (primary N) is 1. The lowest BCUT2D eigenvalue weighted by molar-refractivity contribution is 0.117. The van der Waals surface area contributed by atoms with Gasteiger partial charge in [-0.25, -0.2) is 0 Å². The van der Waals surface area contributed by atoms with Crippen molar-refractivity contribution in [2.24, 2.45) is 11.1 Å². The second-order valence-corrected chi connectivity index (χ2v) is 3.25. The summed E-state index contributed by atoms with van der Waals surface area (Å²) in [6.45, 7) is 11.2. The highest BCUT2D eigenvalue weighted by atomic mass is 14.6. The average molecular weight is 187 g/mol. The van der Waals surface area contributed by atoms with Crippen molar-refractivity contribution < 1.29 is 0 Å². The first kappa shape index (κ1) is 15.4.